The van der Waals surface area contributed by atoms with Crippen molar-refractivity contribution in [2.75, 3.05) is 17.0 Å². The molecule has 0 atom stereocenters. The van der Waals surface area contributed by atoms with Crippen molar-refractivity contribution >= 4 is 34.4 Å². The lowest BCUT2D eigenvalue weighted by Crippen LogP contribution is -2.33. The van der Waals surface area contributed by atoms with Crippen LogP contribution >= 0.6 is 0 Å². The summed E-state index contributed by atoms with van der Waals surface area (Å²) in [6.45, 7) is 3.81. The Morgan fingerprint density at radius 3 is 2.38 bits per heavy atom. The molecule has 2 aliphatic heterocycles. The highest BCUT2D eigenvalue weighted by Crippen LogP contribution is 2.38. The molecule has 3 aromatic rings. The second-order valence-corrected chi connectivity index (χ2v) is 7.98. The predicted octanol–water partition coefficient (Wildman–Crippen LogP) is 4.34. The maximum absolute atomic E-state index is 13.6. The number of non-ortho nitro benzene ring substituents is 1. The van der Waals surface area contributed by atoms with Crippen molar-refractivity contribution in [3.63, 3.8) is 0 Å². The van der Waals surface area contributed by atoms with Gasteiger partial charge in [0.1, 0.15) is 5.70 Å². The molecule has 9 heteroatoms. The van der Waals surface area contributed by atoms with Gasteiger partial charge in [-0.2, -0.15) is 0 Å². The summed E-state index contributed by atoms with van der Waals surface area (Å²) < 4.78 is 10.7. The van der Waals surface area contributed by atoms with E-state index in [-0.39, 0.29) is 23.8 Å². The van der Waals surface area contributed by atoms with Crippen LogP contribution in [0.3, 0.4) is 0 Å². The molecule has 0 radical (unpaired) electrons. The molecule has 0 aromatic heterocycles. The van der Waals surface area contributed by atoms with Crippen molar-refractivity contribution in [3.8, 4) is 11.5 Å². The van der Waals surface area contributed by atoms with E-state index in [9.17, 15) is 19.7 Å². The average molecular weight is 457 g/mol. The van der Waals surface area contributed by atoms with Gasteiger partial charge >= 0.3 is 0 Å². The van der Waals surface area contributed by atoms with Gasteiger partial charge in [0.15, 0.2) is 11.5 Å². The van der Waals surface area contributed by atoms with Crippen molar-refractivity contribution in [3.05, 3.63) is 93.2 Å². The number of rotatable bonds is 5. The molecule has 2 amide bonds. The zero-order chi connectivity index (χ0) is 24.0. The molecule has 0 fully saturated rings. The van der Waals surface area contributed by atoms with Gasteiger partial charge in [-0.3, -0.25) is 19.7 Å². The number of carbonyl (C=O) groups excluding carboxylic acids is 2. The summed E-state index contributed by atoms with van der Waals surface area (Å²) in [6, 6.07) is 16.2. The summed E-state index contributed by atoms with van der Waals surface area (Å²) in [7, 11) is 0. The van der Waals surface area contributed by atoms with Gasteiger partial charge in [-0.1, -0.05) is 12.1 Å². The largest absolute Gasteiger partial charge is 0.454 e. The highest BCUT2D eigenvalue weighted by atomic mass is 16.7. The quantitative estimate of drug-likeness (QED) is 0.345. The summed E-state index contributed by atoms with van der Waals surface area (Å²) in [5, 5.41) is 14.2. The van der Waals surface area contributed by atoms with Crippen LogP contribution in [0.1, 0.15) is 16.7 Å². The van der Waals surface area contributed by atoms with Gasteiger partial charge in [-0.25, -0.2) is 4.90 Å². The Kier molecular flexibility index (Phi) is 5.01. The normalized spacial score (nSPS) is 14.7. The number of benzene rings is 3. The lowest BCUT2D eigenvalue weighted by atomic mass is 10.0. The number of nitro groups is 1. The zero-order valence-electron chi connectivity index (χ0n) is 18.3. The Balaban J connectivity index is 1.61. The number of amides is 2. The molecule has 1 N–H and O–H groups in total. The van der Waals surface area contributed by atoms with E-state index in [0.717, 1.165) is 16.0 Å². The van der Waals surface area contributed by atoms with Crippen LogP contribution in [0.5, 0.6) is 11.5 Å². The second-order valence-electron chi connectivity index (χ2n) is 7.98. The third-order valence-corrected chi connectivity index (χ3v) is 5.70. The molecule has 0 unspecified atom stereocenters. The Bertz CT molecular complexity index is 1390. The van der Waals surface area contributed by atoms with E-state index >= 15 is 0 Å². The first-order valence-corrected chi connectivity index (χ1v) is 10.5. The lowest BCUT2D eigenvalue weighted by molar-refractivity contribution is -0.384. The van der Waals surface area contributed by atoms with Crippen LogP contribution in [0.15, 0.2) is 66.4 Å². The first-order valence-electron chi connectivity index (χ1n) is 10.5. The van der Waals surface area contributed by atoms with Crippen molar-refractivity contribution in [2.24, 2.45) is 0 Å². The number of carbonyl (C=O) groups is 2. The predicted molar refractivity (Wildman–Crippen MR) is 125 cm³/mol. The van der Waals surface area contributed by atoms with Gasteiger partial charge in [-0.15, -0.1) is 0 Å². The first-order chi connectivity index (χ1) is 16.3. The molecule has 0 aliphatic carbocycles. The third kappa shape index (κ3) is 3.53. The minimum absolute atomic E-state index is 0.0682. The average Bonchev–Trinajstić information content (AvgIpc) is 3.38. The van der Waals surface area contributed by atoms with Gasteiger partial charge in [0, 0.05) is 23.9 Å². The summed E-state index contributed by atoms with van der Waals surface area (Å²) in [4.78, 5) is 38.9. The molecule has 170 valence electrons. The number of nitrogens with one attached hydrogen (secondary N) is 1. The third-order valence-electron chi connectivity index (χ3n) is 5.70. The molecular formula is C25H19N3O6. The summed E-state index contributed by atoms with van der Waals surface area (Å²) in [6.07, 6.45) is 0. The van der Waals surface area contributed by atoms with Gasteiger partial charge in [0.25, 0.3) is 17.5 Å². The van der Waals surface area contributed by atoms with Crippen molar-refractivity contribution in [2.45, 2.75) is 13.8 Å². The Labute approximate surface area is 194 Å². The zero-order valence-corrected chi connectivity index (χ0v) is 18.3. The van der Waals surface area contributed by atoms with Gasteiger partial charge in [-0.05, 0) is 60.9 Å². The molecule has 2 heterocycles. The summed E-state index contributed by atoms with van der Waals surface area (Å²) >= 11 is 0. The minimum atomic E-state index is -0.523. The van der Waals surface area contributed by atoms with E-state index < -0.39 is 16.7 Å². The van der Waals surface area contributed by atoms with E-state index in [0.29, 0.717) is 28.4 Å². The van der Waals surface area contributed by atoms with Crippen LogP contribution in [0.2, 0.25) is 0 Å². The molecular weight excluding hydrogens is 438 g/mol. The van der Waals surface area contributed by atoms with E-state index in [1.54, 1.807) is 24.3 Å². The molecule has 0 saturated heterocycles. The van der Waals surface area contributed by atoms with Gasteiger partial charge < -0.3 is 14.8 Å². The van der Waals surface area contributed by atoms with Crippen molar-refractivity contribution in [1.82, 2.24) is 0 Å². The van der Waals surface area contributed by atoms with Crippen molar-refractivity contribution in [1.29, 1.82) is 0 Å². The number of aryl methyl sites for hydroxylation is 2. The number of ether oxygens (including phenoxy) is 2. The smallest absolute Gasteiger partial charge is 0.282 e. The van der Waals surface area contributed by atoms with Crippen LogP contribution in [-0.4, -0.2) is 23.5 Å². The van der Waals surface area contributed by atoms with E-state index in [2.05, 4.69) is 5.32 Å². The number of fused-ring (bicyclic) bond motifs is 1. The molecule has 3 aromatic carbocycles. The van der Waals surface area contributed by atoms with Crippen LogP contribution < -0.4 is 19.7 Å². The number of hydrogen-bond acceptors (Lipinski definition) is 7. The number of nitro benzene ring substituents is 1. The summed E-state index contributed by atoms with van der Waals surface area (Å²) in [5.74, 6) is 0.0621. The lowest BCUT2D eigenvalue weighted by Gasteiger charge is -2.18. The van der Waals surface area contributed by atoms with Crippen molar-refractivity contribution < 1.29 is 24.0 Å². The molecule has 0 saturated carbocycles. The fraction of sp³-hybridized carbons (Fsp3) is 0.120. The topological polar surface area (TPSA) is 111 Å². The molecule has 0 spiro atoms. The standard InChI is InChI=1S/C25H19N3O6/c1-14-3-4-15(2)19(11-14)27-24(29)22(16-5-8-18(9-6-16)28(31)32)23(25(27)30)26-17-7-10-20-21(12-17)34-13-33-20/h3-12,26H,13H2,1-2H3. The fourth-order valence-electron chi connectivity index (χ4n) is 3.96. The first kappa shape index (κ1) is 21.2. The number of hydrogen-bond donors (Lipinski definition) is 1. The number of anilines is 2. The SMILES string of the molecule is Cc1ccc(C)c(N2C(=O)C(Nc3ccc4c(c3)OCO4)=C(c3ccc([N+](=O)[O-])cc3)C2=O)c1. The van der Waals surface area contributed by atoms with E-state index in [1.165, 1.54) is 24.3 Å². The number of nitrogens with zero attached hydrogens (tertiary/aromatic N) is 2. The molecule has 9 nitrogen and oxygen atoms in total. The highest BCUT2D eigenvalue weighted by Gasteiger charge is 2.41. The van der Waals surface area contributed by atoms with Gasteiger partial charge in [0.2, 0.25) is 6.79 Å². The minimum Gasteiger partial charge on any atom is -0.454 e. The van der Waals surface area contributed by atoms with Crippen LogP contribution in [0.25, 0.3) is 5.57 Å². The second kappa shape index (κ2) is 8.04. The molecule has 0 bridgehead atoms. The summed E-state index contributed by atoms with van der Waals surface area (Å²) in [5.41, 5.74) is 3.14. The Morgan fingerprint density at radius 1 is 0.912 bits per heavy atom. The van der Waals surface area contributed by atoms with E-state index in [4.69, 9.17) is 9.47 Å². The van der Waals surface area contributed by atoms with E-state index in [1.807, 2.05) is 26.0 Å². The van der Waals surface area contributed by atoms with Crippen LogP contribution in [-0.2, 0) is 9.59 Å². The number of imide groups is 1. The molecule has 5 rings (SSSR count). The molecule has 34 heavy (non-hydrogen) atoms. The monoisotopic (exact) mass is 457 g/mol. The van der Waals surface area contributed by atoms with Crippen LogP contribution in [0, 0.1) is 24.0 Å². The maximum atomic E-state index is 13.6. The van der Waals surface area contributed by atoms with Gasteiger partial charge in [0.05, 0.1) is 16.2 Å². The Hall–Kier alpha value is -4.66. The highest BCUT2D eigenvalue weighted by molar-refractivity contribution is 6.46. The fourth-order valence-corrected chi connectivity index (χ4v) is 3.96. The maximum Gasteiger partial charge on any atom is 0.282 e. The molecule has 2 aliphatic rings. The van der Waals surface area contributed by atoms with Crippen LogP contribution in [0.4, 0.5) is 17.1 Å². The Morgan fingerprint density at radius 2 is 1.65 bits per heavy atom.